The van der Waals surface area contributed by atoms with E-state index in [1.165, 1.54) is 19.2 Å². The van der Waals surface area contributed by atoms with Gasteiger partial charge in [0.1, 0.15) is 11.4 Å². The van der Waals surface area contributed by atoms with Crippen LogP contribution in [0.2, 0.25) is 0 Å². The lowest BCUT2D eigenvalue weighted by atomic mass is 10.1. The van der Waals surface area contributed by atoms with Gasteiger partial charge in [0, 0.05) is 17.3 Å². The van der Waals surface area contributed by atoms with Crippen LogP contribution in [0.4, 0.5) is 15.9 Å². The second kappa shape index (κ2) is 5.00. The number of H-pyrrole nitrogens is 1. The van der Waals surface area contributed by atoms with E-state index in [0.29, 0.717) is 11.3 Å². The van der Waals surface area contributed by atoms with E-state index in [1.54, 1.807) is 0 Å². The molecular formula is C12H10FN3O4. The zero-order valence-corrected chi connectivity index (χ0v) is 10.3. The van der Waals surface area contributed by atoms with Crippen LogP contribution in [0.25, 0.3) is 11.3 Å². The molecule has 7 nitrogen and oxygen atoms in total. The van der Waals surface area contributed by atoms with Crippen molar-refractivity contribution in [3.05, 3.63) is 45.8 Å². The normalized spacial score (nSPS) is 10.3. The summed E-state index contributed by atoms with van der Waals surface area (Å²) in [6, 6.07) is 4.76. The first kappa shape index (κ1) is 13.5. The van der Waals surface area contributed by atoms with Gasteiger partial charge in [0.25, 0.3) is 0 Å². The average Bonchev–Trinajstić information content (AvgIpc) is 2.80. The second-order valence-corrected chi connectivity index (χ2v) is 3.93. The molecule has 3 N–H and O–H groups in total. The van der Waals surface area contributed by atoms with E-state index in [4.69, 9.17) is 5.73 Å². The summed E-state index contributed by atoms with van der Waals surface area (Å²) in [4.78, 5) is 24.0. The molecule has 1 heterocycles. The number of methoxy groups -OCH3 is 1. The number of hydrogen-bond donors (Lipinski definition) is 2. The van der Waals surface area contributed by atoms with Crippen LogP contribution in [0.15, 0.2) is 24.3 Å². The first-order valence-electron chi connectivity index (χ1n) is 5.45. The molecule has 0 unspecified atom stereocenters. The summed E-state index contributed by atoms with van der Waals surface area (Å²) in [6.45, 7) is 0. The molecule has 2 aromatic rings. The molecule has 20 heavy (non-hydrogen) atoms. The molecule has 0 bridgehead atoms. The molecule has 1 aromatic heterocycles. The molecule has 0 spiro atoms. The number of aromatic nitrogens is 1. The molecule has 0 fully saturated rings. The Hall–Kier alpha value is -2.90. The van der Waals surface area contributed by atoms with Gasteiger partial charge >= 0.3 is 11.7 Å². The van der Waals surface area contributed by atoms with Crippen LogP contribution in [-0.4, -0.2) is 23.0 Å². The van der Waals surface area contributed by atoms with E-state index in [-0.39, 0.29) is 11.4 Å². The number of nitrogens with zero attached hydrogens (tertiary/aromatic N) is 1. The Morgan fingerprint density at radius 2 is 2.15 bits per heavy atom. The lowest BCUT2D eigenvalue weighted by Gasteiger charge is -1.99. The maximum absolute atomic E-state index is 13.3. The summed E-state index contributed by atoms with van der Waals surface area (Å²) in [5.74, 6) is -1.51. The molecule has 0 saturated heterocycles. The highest BCUT2D eigenvalue weighted by Gasteiger charge is 2.18. The molecule has 0 atom stereocenters. The van der Waals surface area contributed by atoms with Crippen LogP contribution in [0.3, 0.4) is 0 Å². The van der Waals surface area contributed by atoms with Crippen molar-refractivity contribution in [2.45, 2.75) is 0 Å². The number of carbonyl (C=O) groups is 1. The number of rotatable bonds is 3. The number of carbonyl (C=O) groups excluding carboxylic acids is 1. The predicted octanol–water partition coefficient (Wildman–Crippen LogP) is 2.10. The van der Waals surface area contributed by atoms with Gasteiger partial charge < -0.3 is 15.5 Å². The lowest BCUT2D eigenvalue weighted by Crippen LogP contribution is -2.02. The number of hydrogen-bond acceptors (Lipinski definition) is 5. The highest BCUT2D eigenvalue weighted by atomic mass is 19.1. The summed E-state index contributed by atoms with van der Waals surface area (Å²) >= 11 is 0. The zero-order valence-electron chi connectivity index (χ0n) is 10.3. The number of ether oxygens (including phenoxy) is 1. The molecule has 0 saturated carbocycles. The minimum atomic E-state index is -0.938. The van der Waals surface area contributed by atoms with Gasteiger partial charge in [0.05, 0.1) is 12.0 Å². The largest absolute Gasteiger partial charge is 0.465 e. The number of benzene rings is 1. The SMILES string of the molecule is COC(=O)c1cc(-c2ccc(F)c([N+](=O)[O-])c2)[nH]c1N. The van der Waals surface area contributed by atoms with Crippen molar-refractivity contribution in [2.24, 2.45) is 0 Å². The molecule has 8 heteroatoms. The Kier molecular flexibility index (Phi) is 3.38. The molecule has 0 aliphatic heterocycles. The van der Waals surface area contributed by atoms with E-state index in [2.05, 4.69) is 9.72 Å². The Morgan fingerprint density at radius 3 is 2.75 bits per heavy atom. The van der Waals surface area contributed by atoms with Gasteiger partial charge in [-0.25, -0.2) is 4.79 Å². The highest BCUT2D eigenvalue weighted by molar-refractivity contribution is 5.96. The number of nitrogen functional groups attached to an aromatic ring is 1. The van der Waals surface area contributed by atoms with Gasteiger partial charge in [-0.3, -0.25) is 10.1 Å². The van der Waals surface area contributed by atoms with E-state index in [9.17, 15) is 19.3 Å². The van der Waals surface area contributed by atoms with E-state index in [0.717, 1.165) is 12.1 Å². The molecular weight excluding hydrogens is 269 g/mol. The Bertz CT molecular complexity index is 696. The highest BCUT2D eigenvalue weighted by Crippen LogP contribution is 2.28. The molecule has 0 amide bonds. The second-order valence-electron chi connectivity index (χ2n) is 3.93. The van der Waals surface area contributed by atoms with Gasteiger partial charge in [-0.2, -0.15) is 4.39 Å². The predicted molar refractivity (Wildman–Crippen MR) is 68.6 cm³/mol. The topological polar surface area (TPSA) is 111 Å². The van der Waals surface area contributed by atoms with Crippen molar-refractivity contribution in [2.75, 3.05) is 12.8 Å². The van der Waals surface area contributed by atoms with Crippen molar-refractivity contribution >= 4 is 17.5 Å². The van der Waals surface area contributed by atoms with Crippen LogP contribution in [-0.2, 0) is 4.74 Å². The van der Waals surface area contributed by atoms with Crippen LogP contribution in [0.1, 0.15) is 10.4 Å². The monoisotopic (exact) mass is 279 g/mol. The number of anilines is 1. The minimum absolute atomic E-state index is 0.0684. The number of aromatic amines is 1. The number of nitro groups is 1. The van der Waals surface area contributed by atoms with Crippen molar-refractivity contribution in [3.63, 3.8) is 0 Å². The third kappa shape index (κ3) is 2.30. The number of esters is 1. The minimum Gasteiger partial charge on any atom is -0.465 e. The van der Waals surface area contributed by atoms with E-state index < -0.39 is 22.4 Å². The Balaban J connectivity index is 2.50. The maximum Gasteiger partial charge on any atom is 0.341 e. The Labute approximate surface area is 112 Å². The fourth-order valence-electron chi connectivity index (χ4n) is 1.73. The standard InChI is InChI=1S/C12H10FN3O4/c1-20-12(17)7-5-9(15-11(7)14)6-2-3-8(13)10(4-6)16(18)19/h2-5,15H,14H2,1H3. The quantitative estimate of drug-likeness (QED) is 0.507. The van der Waals surface area contributed by atoms with Gasteiger partial charge in [0.2, 0.25) is 5.82 Å². The fraction of sp³-hybridized carbons (Fsp3) is 0.0833. The summed E-state index contributed by atoms with van der Waals surface area (Å²) in [5.41, 5.74) is 5.75. The number of nitrogens with two attached hydrogens (primary N) is 1. The van der Waals surface area contributed by atoms with Gasteiger partial charge in [-0.1, -0.05) is 0 Å². The molecule has 0 aliphatic rings. The van der Waals surface area contributed by atoms with Gasteiger partial charge in [0.15, 0.2) is 0 Å². The van der Waals surface area contributed by atoms with Gasteiger partial charge in [-0.15, -0.1) is 0 Å². The third-order valence-corrected chi connectivity index (χ3v) is 2.71. The summed E-state index contributed by atoms with van der Waals surface area (Å²) in [6.07, 6.45) is 0. The molecule has 2 rings (SSSR count). The first-order chi connectivity index (χ1) is 9.43. The third-order valence-electron chi connectivity index (χ3n) is 2.71. The molecule has 1 aromatic carbocycles. The average molecular weight is 279 g/mol. The first-order valence-corrected chi connectivity index (χ1v) is 5.45. The summed E-state index contributed by atoms with van der Waals surface area (Å²) in [7, 11) is 1.21. The van der Waals surface area contributed by atoms with Crippen molar-refractivity contribution in [3.8, 4) is 11.3 Å². The summed E-state index contributed by atoms with van der Waals surface area (Å²) < 4.78 is 17.8. The smallest absolute Gasteiger partial charge is 0.341 e. The van der Waals surface area contributed by atoms with E-state index >= 15 is 0 Å². The molecule has 0 radical (unpaired) electrons. The number of nitrogens with one attached hydrogen (secondary N) is 1. The van der Waals surface area contributed by atoms with Crippen molar-refractivity contribution in [1.29, 1.82) is 0 Å². The number of nitro benzene ring substituents is 1. The lowest BCUT2D eigenvalue weighted by molar-refractivity contribution is -0.387. The maximum atomic E-state index is 13.3. The Morgan fingerprint density at radius 1 is 1.45 bits per heavy atom. The van der Waals surface area contributed by atoms with Crippen molar-refractivity contribution in [1.82, 2.24) is 4.98 Å². The van der Waals surface area contributed by atoms with Gasteiger partial charge in [-0.05, 0) is 18.2 Å². The van der Waals surface area contributed by atoms with Crippen LogP contribution < -0.4 is 5.73 Å². The molecule has 104 valence electrons. The summed E-state index contributed by atoms with van der Waals surface area (Å²) in [5, 5.41) is 10.7. The van der Waals surface area contributed by atoms with Crippen LogP contribution in [0, 0.1) is 15.9 Å². The fourth-order valence-corrected chi connectivity index (χ4v) is 1.73. The van der Waals surface area contributed by atoms with Crippen LogP contribution >= 0.6 is 0 Å². The molecule has 0 aliphatic carbocycles. The van der Waals surface area contributed by atoms with Crippen LogP contribution in [0.5, 0.6) is 0 Å². The van der Waals surface area contributed by atoms with Crippen molar-refractivity contribution < 1.29 is 18.8 Å². The number of halogens is 1. The zero-order chi connectivity index (χ0) is 14.9. The van der Waals surface area contributed by atoms with E-state index in [1.807, 2.05) is 0 Å².